The first-order valence-electron chi connectivity index (χ1n) is 4.72. The highest BCUT2D eigenvalue weighted by atomic mass is 16.5. The maximum Gasteiger partial charge on any atom is 0.224 e. The molecular weight excluding hydrogens is 192 g/mol. The number of hydrogen-bond donors (Lipinski definition) is 2. The number of nitrogens with zero attached hydrogens (tertiary/aromatic N) is 2. The van der Waals surface area contributed by atoms with Crippen molar-refractivity contribution >= 4 is 5.84 Å². The fourth-order valence-corrected chi connectivity index (χ4v) is 1.18. The highest BCUT2D eigenvalue weighted by molar-refractivity contribution is 6.00. The quantitative estimate of drug-likeness (QED) is 0.332. The van der Waals surface area contributed by atoms with Crippen molar-refractivity contribution in [1.29, 1.82) is 0 Å². The predicted octanol–water partition coefficient (Wildman–Crippen LogP) is 0.709. The van der Waals surface area contributed by atoms with E-state index in [9.17, 15) is 0 Å². The van der Waals surface area contributed by atoms with Crippen LogP contribution < -0.4 is 16.0 Å². The Labute approximate surface area is 89.3 Å². The molecule has 5 nitrogen and oxygen atoms in total. The van der Waals surface area contributed by atoms with E-state index in [1.165, 1.54) is 0 Å². The Balaban J connectivity index is 3.12. The van der Waals surface area contributed by atoms with Gasteiger partial charge >= 0.3 is 0 Å². The smallest absolute Gasteiger partial charge is 0.224 e. The average molecular weight is 208 g/mol. The Morgan fingerprint density at radius 3 is 2.87 bits per heavy atom. The third kappa shape index (κ3) is 2.92. The summed E-state index contributed by atoms with van der Waals surface area (Å²) in [5.74, 6) is 6.50. The average Bonchev–Trinajstić information content (AvgIpc) is 2.25. The van der Waals surface area contributed by atoms with E-state index in [-0.39, 0.29) is 6.04 Å². The zero-order chi connectivity index (χ0) is 11.3. The maximum atomic E-state index is 5.41. The van der Waals surface area contributed by atoms with Crippen LogP contribution in [0.1, 0.15) is 19.4 Å². The zero-order valence-corrected chi connectivity index (χ0v) is 9.19. The van der Waals surface area contributed by atoms with Gasteiger partial charge in [-0.15, -0.1) is 0 Å². The predicted molar refractivity (Wildman–Crippen MR) is 59.8 cm³/mol. The Morgan fingerprint density at radius 2 is 2.33 bits per heavy atom. The van der Waals surface area contributed by atoms with Crippen LogP contribution in [0.4, 0.5) is 0 Å². The van der Waals surface area contributed by atoms with E-state index in [2.05, 4.69) is 15.4 Å². The van der Waals surface area contributed by atoms with Crippen LogP contribution in [0.5, 0.6) is 5.88 Å². The summed E-state index contributed by atoms with van der Waals surface area (Å²) in [6.07, 6.45) is 1.66. The summed E-state index contributed by atoms with van der Waals surface area (Å²) < 4.78 is 5.12. The summed E-state index contributed by atoms with van der Waals surface area (Å²) in [6.45, 7) is 3.94. The molecule has 15 heavy (non-hydrogen) atoms. The number of nitrogens with two attached hydrogens (primary N) is 1. The second kappa shape index (κ2) is 5.31. The largest absolute Gasteiger partial charge is 0.480 e. The van der Waals surface area contributed by atoms with Gasteiger partial charge in [-0.2, -0.15) is 0 Å². The number of hydrazine groups is 1. The van der Waals surface area contributed by atoms with Crippen LogP contribution in [0.15, 0.2) is 23.3 Å². The molecule has 5 heteroatoms. The van der Waals surface area contributed by atoms with Gasteiger partial charge in [0.2, 0.25) is 5.88 Å². The minimum Gasteiger partial charge on any atom is -0.480 e. The molecular formula is C10H16N4O. The highest BCUT2D eigenvalue weighted by Gasteiger charge is 2.09. The fourth-order valence-electron chi connectivity index (χ4n) is 1.18. The van der Waals surface area contributed by atoms with Gasteiger partial charge in [-0.05, 0) is 26.0 Å². The molecule has 82 valence electrons. The maximum absolute atomic E-state index is 5.41. The lowest BCUT2D eigenvalue weighted by Crippen LogP contribution is -2.32. The molecule has 0 amide bonds. The van der Waals surface area contributed by atoms with Gasteiger partial charge in [-0.3, -0.25) is 4.99 Å². The first kappa shape index (κ1) is 11.5. The third-order valence-corrected chi connectivity index (χ3v) is 1.74. The standard InChI is InChI=1S/C10H16N4O/c1-7(2)13-9(14-11)8-5-4-6-12-10(8)15-3/h4-7H,11H2,1-3H3,(H,13,14). The van der Waals surface area contributed by atoms with Gasteiger partial charge < -0.3 is 10.2 Å². The van der Waals surface area contributed by atoms with Gasteiger partial charge in [-0.25, -0.2) is 10.8 Å². The Kier molecular flexibility index (Phi) is 4.05. The van der Waals surface area contributed by atoms with Crippen LogP contribution in [0.2, 0.25) is 0 Å². The molecule has 0 bridgehead atoms. The summed E-state index contributed by atoms with van der Waals surface area (Å²) in [7, 11) is 1.56. The minimum atomic E-state index is 0.154. The fraction of sp³-hybridized carbons (Fsp3) is 0.400. The molecule has 0 aliphatic rings. The van der Waals surface area contributed by atoms with Crippen molar-refractivity contribution in [2.24, 2.45) is 10.8 Å². The molecule has 0 atom stereocenters. The van der Waals surface area contributed by atoms with Gasteiger partial charge in [0, 0.05) is 12.2 Å². The molecule has 0 unspecified atom stereocenters. The number of rotatable bonds is 3. The van der Waals surface area contributed by atoms with Crippen LogP contribution >= 0.6 is 0 Å². The monoisotopic (exact) mass is 208 g/mol. The molecule has 0 saturated heterocycles. The Hall–Kier alpha value is -1.62. The van der Waals surface area contributed by atoms with E-state index in [1.54, 1.807) is 13.3 Å². The molecule has 0 spiro atoms. The first-order chi connectivity index (χ1) is 7.19. The lowest BCUT2D eigenvalue weighted by Gasteiger charge is -2.10. The molecule has 0 aromatic carbocycles. The van der Waals surface area contributed by atoms with E-state index in [0.29, 0.717) is 11.7 Å². The van der Waals surface area contributed by atoms with E-state index >= 15 is 0 Å². The summed E-state index contributed by atoms with van der Waals surface area (Å²) in [6, 6.07) is 3.82. The van der Waals surface area contributed by atoms with Gasteiger partial charge in [0.05, 0.1) is 12.7 Å². The van der Waals surface area contributed by atoms with Crippen LogP contribution in [0.3, 0.4) is 0 Å². The van der Waals surface area contributed by atoms with Gasteiger partial charge in [-0.1, -0.05) is 0 Å². The third-order valence-electron chi connectivity index (χ3n) is 1.74. The van der Waals surface area contributed by atoms with Crippen molar-refractivity contribution < 1.29 is 4.74 Å². The number of ether oxygens (including phenoxy) is 1. The number of amidine groups is 1. The SMILES string of the molecule is COc1ncccc1C(=NC(C)C)NN. The van der Waals surface area contributed by atoms with Gasteiger partial charge in [0.15, 0.2) is 0 Å². The van der Waals surface area contributed by atoms with Crippen LogP contribution in [0.25, 0.3) is 0 Å². The van der Waals surface area contributed by atoms with Crippen LogP contribution in [-0.4, -0.2) is 24.0 Å². The summed E-state index contributed by atoms with van der Waals surface area (Å²) >= 11 is 0. The zero-order valence-electron chi connectivity index (χ0n) is 9.19. The lowest BCUT2D eigenvalue weighted by atomic mass is 10.2. The molecule has 0 radical (unpaired) electrons. The van der Waals surface area contributed by atoms with Crippen molar-refractivity contribution in [3.63, 3.8) is 0 Å². The number of nitrogens with one attached hydrogen (secondary N) is 1. The van der Waals surface area contributed by atoms with E-state index in [0.717, 1.165) is 5.56 Å². The van der Waals surface area contributed by atoms with Gasteiger partial charge in [0.1, 0.15) is 5.84 Å². The molecule has 3 N–H and O–H groups in total. The van der Waals surface area contributed by atoms with E-state index < -0.39 is 0 Å². The number of methoxy groups -OCH3 is 1. The van der Waals surface area contributed by atoms with E-state index in [4.69, 9.17) is 10.6 Å². The molecule has 0 saturated carbocycles. The molecule has 1 heterocycles. The number of aliphatic imine (C=N–C) groups is 1. The normalized spacial score (nSPS) is 11.7. The number of pyridine rings is 1. The molecule has 1 rings (SSSR count). The van der Waals surface area contributed by atoms with Crippen molar-refractivity contribution in [2.75, 3.05) is 7.11 Å². The van der Waals surface area contributed by atoms with Crippen LogP contribution in [-0.2, 0) is 0 Å². The topological polar surface area (TPSA) is 72.5 Å². The van der Waals surface area contributed by atoms with Crippen molar-refractivity contribution in [2.45, 2.75) is 19.9 Å². The summed E-state index contributed by atoms with van der Waals surface area (Å²) in [5.41, 5.74) is 3.31. The molecule has 0 aliphatic carbocycles. The summed E-state index contributed by atoms with van der Waals surface area (Å²) in [5, 5.41) is 0. The van der Waals surface area contributed by atoms with Crippen LogP contribution in [0, 0.1) is 0 Å². The van der Waals surface area contributed by atoms with Crippen molar-refractivity contribution in [1.82, 2.24) is 10.4 Å². The Bertz CT molecular complexity index is 349. The number of hydrogen-bond acceptors (Lipinski definition) is 4. The number of aromatic nitrogens is 1. The van der Waals surface area contributed by atoms with Crippen molar-refractivity contribution in [3.05, 3.63) is 23.9 Å². The minimum absolute atomic E-state index is 0.154. The highest BCUT2D eigenvalue weighted by Crippen LogP contribution is 2.13. The second-order valence-electron chi connectivity index (χ2n) is 3.28. The second-order valence-corrected chi connectivity index (χ2v) is 3.28. The molecule has 1 aromatic heterocycles. The first-order valence-corrected chi connectivity index (χ1v) is 4.72. The molecule has 0 aliphatic heterocycles. The van der Waals surface area contributed by atoms with E-state index in [1.807, 2.05) is 26.0 Å². The molecule has 0 fully saturated rings. The van der Waals surface area contributed by atoms with Crippen molar-refractivity contribution in [3.8, 4) is 5.88 Å². The summed E-state index contributed by atoms with van der Waals surface area (Å²) in [4.78, 5) is 8.41. The Morgan fingerprint density at radius 1 is 1.60 bits per heavy atom. The lowest BCUT2D eigenvalue weighted by molar-refractivity contribution is 0.396. The van der Waals surface area contributed by atoms with Gasteiger partial charge in [0.25, 0.3) is 0 Å². The molecule has 1 aromatic rings.